The number of nitrogens with zero attached hydrogens (tertiary/aromatic N) is 1. The molecule has 0 saturated heterocycles. The Morgan fingerprint density at radius 1 is 1.17 bits per heavy atom. The molecule has 5 heteroatoms. The molecule has 0 heterocycles. The Bertz CT molecular complexity index is 744. The van der Waals surface area contributed by atoms with Crippen molar-refractivity contribution in [1.29, 1.82) is 0 Å². The van der Waals surface area contributed by atoms with Crippen molar-refractivity contribution in [3.05, 3.63) is 52.6 Å². The number of nitrogens with one attached hydrogen (secondary N) is 1. The van der Waals surface area contributed by atoms with Gasteiger partial charge in [0.1, 0.15) is 11.5 Å². The molecule has 2 aromatic rings. The second-order valence-corrected chi connectivity index (χ2v) is 5.37. The predicted molar refractivity (Wildman–Crippen MR) is 91.1 cm³/mol. The molecule has 0 aliphatic carbocycles. The molecule has 2 aromatic carbocycles. The molecule has 2 N–H and O–H groups in total. The second-order valence-electron chi connectivity index (χ2n) is 5.37. The summed E-state index contributed by atoms with van der Waals surface area (Å²) in [6, 6.07) is 8.87. The number of rotatable bonds is 3. The molecule has 0 bridgehead atoms. The fraction of sp³-hybridized carbons (Fsp3) is 0.222. The van der Waals surface area contributed by atoms with E-state index in [4.69, 9.17) is 4.74 Å². The van der Waals surface area contributed by atoms with Gasteiger partial charge in [-0.2, -0.15) is 0 Å². The lowest BCUT2D eigenvalue weighted by molar-refractivity contribution is 0.203. The van der Waals surface area contributed by atoms with Crippen LogP contribution in [0.4, 0.5) is 10.5 Å². The Morgan fingerprint density at radius 2 is 1.83 bits per heavy atom. The molecule has 23 heavy (non-hydrogen) atoms. The summed E-state index contributed by atoms with van der Waals surface area (Å²) in [5.41, 5.74) is 4.26. The van der Waals surface area contributed by atoms with E-state index < -0.39 is 6.09 Å². The van der Waals surface area contributed by atoms with Crippen LogP contribution in [0.3, 0.4) is 0 Å². The number of carbonyl (C=O) groups excluding carboxylic acids is 1. The number of hydrogen-bond donors (Lipinski definition) is 2. The minimum atomic E-state index is -0.510. The van der Waals surface area contributed by atoms with Gasteiger partial charge in [-0.3, -0.25) is 4.99 Å². The molecule has 0 saturated carbocycles. The molecule has 1 amide bonds. The first-order valence-corrected chi connectivity index (χ1v) is 7.25. The minimum absolute atomic E-state index is 0.189. The van der Waals surface area contributed by atoms with E-state index in [0.29, 0.717) is 11.3 Å². The van der Waals surface area contributed by atoms with Crippen LogP contribution in [0.1, 0.15) is 22.3 Å². The molecule has 0 aromatic heterocycles. The topological polar surface area (TPSA) is 70.9 Å². The van der Waals surface area contributed by atoms with Gasteiger partial charge >= 0.3 is 6.09 Å². The van der Waals surface area contributed by atoms with Gasteiger partial charge in [0.2, 0.25) is 0 Å². The quantitative estimate of drug-likeness (QED) is 0.847. The van der Waals surface area contributed by atoms with Crippen LogP contribution in [-0.2, 0) is 0 Å². The first kappa shape index (κ1) is 16.5. The average Bonchev–Trinajstić information content (AvgIpc) is 2.49. The van der Waals surface area contributed by atoms with Crippen molar-refractivity contribution in [2.75, 3.05) is 7.05 Å². The highest BCUT2D eigenvalue weighted by molar-refractivity contribution is 5.86. The summed E-state index contributed by atoms with van der Waals surface area (Å²) in [4.78, 5) is 15.8. The summed E-state index contributed by atoms with van der Waals surface area (Å²) in [5, 5.41) is 12.3. The summed E-state index contributed by atoms with van der Waals surface area (Å²) in [5.74, 6) is 0.658. The van der Waals surface area contributed by atoms with Gasteiger partial charge in [-0.25, -0.2) is 4.79 Å². The average molecular weight is 312 g/mol. The van der Waals surface area contributed by atoms with Gasteiger partial charge in [-0.15, -0.1) is 0 Å². The maximum absolute atomic E-state index is 11.3. The van der Waals surface area contributed by atoms with Crippen molar-refractivity contribution in [3.8, 4) is 11.5 Å². The van der Waals surface area contributed by atoms with Crippen molar-refractivity contribution >= 4 is 18.0 Å². The molecule has 5 nitrogen and oxygen atoms in total. The third-order valence-electron chi connectivity index (χ3n) is 3.40. The van der Waals surface area contributed by atoms with E-state index in [2.05, 4.69) is 10.3 Å². The fourth-order valence-corrected chi connectivity index (χ4v) is 2.25. The zero-order valence-electron chi connectivity index (χ0n) is 13.7. The zero-order valence-corrected chi connectivity index (χ0v) is 13.7. The summed E-state index contributed by atoms with van der Waals surface area (Å²) in [7, 11) is 1.51. The highest BCUT2D eigenvalue weighted by Crippen LogP contribution is 2.29. The molecule has 120 valence electrons. The van der Waals surface area contributed by atoms with E-state index in [1.54, 1.807) is 24.4 Å². The SMILES string of the molecule is CNC(=O)Oc1cc(C)c(/N=C/c2cc(C)ccc2O)c(C)c1. The largest absolute Gasteiger partial charge is 0.507 e. The van der Waals surface area contributed by atoms with Crippen LogP contribution in [0.25, 0.3) is 0 Å². The molecular formula is C18H20N2O3. The van der Waals surface area contributed by atoms with E-state index in [1.807, 2.05) is 32.9 Å². The van der Waals surface area contributed by atoms with Crippen LogP contribution in [-0.4, -0.2) is 24.5 Å². The van der Waals surface area contributed by atoms with Gasteiger partial charge in [0.05, 0.1) is 5.69 Å². The number of aliphatic imine (C=N–C) groups is 1. The van der Waals surface area contributed by atoms with Gasteiger partial charge in [0.15, 0.2) is 0 Å². The number of ether oxygens (including phenoxy) is 1. The Labute approximate surface area is 135 Å². The summed E-state index contributed by atoms with van der Waals surface area (Å²) in [6.45, 7) is 5.75. The second kappa shape index (κ2) is 6.96. The number of benzene rings is 2. The molecule has 0 atom stereocenters. The van der Waals surface area contributed by atoms with Crippen molar-refractivity contribution in [2.24, 2.45) is 4.99 Å². The third kappa shape index (κ3) is 4.10. The lowest BCUT2D eigenvalue weighted by Gasteiger charge is -2.09. The molecule has 0 aliphatic rings. The Kier molecular flexibility index (Phi) is 5.01. The van der Waals surface area contributed by atoms with Crippen LogP contribution < -0.4 is 10.1 Å². The first-order valence-electron chi connectivity index (χ1n) is 7.25. The molecule has 0 unspecified atom stereocenters. The number of phenols is 1. The normalized spacial score (nSPS) is 10.8. The molecular weight excluding hydrogens is 292 g/mol. The van der Waals surface area contributed by atoms with Gasteiger partial charge in [0, 0.05) is 18.8 Å². The maximum atomic E-state index is 11.3. The van der Waals surface area contributed by atoms with Gasteiger partial charge in [-0.1, -0.05) is 11.6 Å². The van der Waals surface area contributed by atoms with E-state index in [0.717, 1.165) is 22.4 Å². The summed E-state index contributed by atoms with van der Waals surface area (Å²) in [6.07, 6.45) is 1.13. The number of carbonyl (C=O) groups is 1. The highest BCUT2D eigenvalue weighted by Gasteiger charge is 2.08. The molecule has 0 fully saturated rings. The number of aryl methyl sites for hydroxylation is 3. The van der Waals surface area contributed by atoms with Crippen LogP contribution in [0.5, 0.6) is 11.5 Å². The molecule has 0 aliphatic heterocycles. The summed E-state index contributed by atoms with van der Waals surface area (Å²) >= 11 is 0. The Morgan fingerprint density at radius 3 is 2.43 bits per heavy atom. The van der Waals surface area contributed by atoms with E-state index in [-0.39, 0.29) is 5.75 Å². The monoisotopic (exact) mass is 312 g/mol. The molecule has 0 spiro atoms. The number of amides is 1. The lowest BCUT2D eigenvalue weighted by Crippen LogP contribution is -2.22. The highest BCUT2D eigenvalue weighted by atomic mass is 16.5. The van der Waals surface area contributed by atoms with E-state index in [9.17, 15) is 9.90 Å². The van der Waals surface area contributed by atoms with Crippen LogP contribution in [0.15, 0.2) is 35.3 Å². The lowest BCUT2D eigenvalue weighted by atomic mass is 10.1. The van der Waals surface area contributed by atoms with E-state index in [1.165, 1.54) is 7.05 Å². The van der Waals surface area contributed by atoms with Crippen molar-refractivity contribution < 1.29 is 14.6 Å². The van der Waals surface area contributed by atoms with E-state index >= 15 is 0 Å². The first-order chi connectivity index (χ1) is 10.9. The smallest absolute Gasteiger partial charge is 0.412 e. The molecule has 2 rings (SSSR count). The third-order valence-corrected chi connectivity index (χ3v) is 3.40. The standard InChI is InChI=1S/C18H20N2O3/c1-11-5-6-16(21)14(7-11)10-20-17-12(2)8-15(9-13(17)3)23-18(22)19-4/h5-10,21H,1-4H3,(H,19,22)/b20-10+. The van der Waals surface area contributed by atoms with Gasteiger partial charge in [-0.05, 0) is 56.2 Å². The van der Waals surface area contributed by atoms with Gasteiger partial charge < -0.3 is 15.2 Å². The predicted octanol–water partition coefficient (Wildman–Crippen LogP) is 3.79. The number of phenolic OH excluding ortho intramolecular Hbond substituents is 1. The minimum Gasteiger partial charge on any atom is -0.507 e. The Hall–Kier alpha value is -2.82. The van der Waals surface area contributed by atoms with Gasteiger partial charge in [0.25, 0.3) is 0 Å². The van der Waals surface area contributed by atoms with Crippen molar-refractivity contribution in [2.45, 2.75) is 20.8 Å². The van der Waals surface area contributed by atoms with Crippen LogP contribution in [0.2, 0.25) is 0 Å². The zero-order chi connectivity index (χ0) is 17.0. The van der Waals surface area contributed by atoms with Crippen LogP contribution >= 0.6 is 0 Å². The van der Waals surface area contributed by atoms with Crippen LogP contribution in [0, 0.1) is 20.8 Å². The van der Waals surface area contributed by atoms with Crippen molar-refractivity contribution in [1.82, 2.24) is 5.32 Å². The summed E-state index contributed by atoms with van der Waals surface area (Å²) < 4.78 is 5.14. The number of hydrogen-bond acceptors (Lipinski definition) is 4. The molecule has 0 radical (unpaired) electrons. The Balaban J connectivity index is 2.31. The maximum Gasteiger partial charge on any atom is 0.412 e. The number of aromatic hydroxyl groups is 1. The fourth-order valence-electron chi connectivity index (χ4n) is 2.25. The van der Waals surface area contributed by atoms with Crippen molar-refractivity contribution in [3.63, 3.8) is 0 Å².